The Morgan fingerprint density at radius 3 is 2.00 bits per heavy atom. The largest absolute Gasteiger partial charge is 0.489 e. The first-order valence-electron chi connectivity index (χ1n) is 6.87. The van der Waals surface area contributed by atoms with Crippen molar-refractivity contribution in [1.29, 1.82) is 0 Å². The first-order chi connectivity index (χ1) is 10.7. The molecule has 1 saturated carbocycles. The van der Waals surface area contributed by atoms with Crippen molar-refractivity contribution in [3.8, 4) is 5.75 Å². The molecular weight excluding hydrogens is 328 g/mol. The second-order valence-corrected chi connectivity index (χ2v) is 6.83. The van der Waals surface area contributed by atoms with Crippen LogP contribution in [0, 0.1) is 11.8 Å². The Labute approximate surface area is 132 Å². The van der Waals surface area contributed by atoms with Crippen LogP contribution in [0.25, 0.3) is 0 Å². The summed E-state index contributed by atoms with van der Waals surface area (Å²) >= 11 is 0. The van der Waals surface area contributed by atoms with Crippen LogP contribution >= 0.6 is 0 Å². The fraction of sp³-hybridized carbons (Fsp3) is 0.429. The summed E-state index contributed by atoms with van der Waals surface area (Å²) in [6.45, 7) is 0. The maximum absolute atomic E-state index is 11.3. The van der Waals surface area contributed by atoms with Crippen molar-refractivity contribution in [2.45, 2.75) is 30.3 Å². The predicted octanol–water partition coefficient (Wildman–Crippen LogP) is 1.27. The molecule has 1 fully saturated rings. The highest BCUT2D eigenvalue weighted by Gasteiger charge is 2.37. The summed E-state index contributed by atoms with van der Waals surface area (Å²) in [5, 5.41) is 18.2. The van der Waals surface area contributed by atoms with Gasteiger partial charge in [-0.15, -0.1) is 0 Å². The van der Waals surface area contributed by atoms with Crippen LogP contribution in [0.2, 0.25) is 0 Å². The summed E-state index contributed by atoms with van der Waals surface area (Å²) in [5.41, 5.74) is 0. The third-order valence-electron chi connectivity index (χ3n) is 3.78. The van der Waals surface area contributed by atoms with E-state index < -0.39 is 44.9 Å². The van der Waals surface area contributed by atoms with E-state index in [4.69, 9.17) is 14.9 Å². The highest BCUT2D eigenvalue weighted by molar-refractivity contribution is 7.86. The Morgan fingerprint density at radius 1 is 1.00 bits per heavy atom. The summed E-state index contributed by atoms with van der Waals surface area (Å²) in [7, 11) is -4.50. The highest BCUT2D eigenvalue weighted by atomic mass is 32.2. The minimum absolute atomic E-state index is 0.00444. The van der Waals surface area contributed by atoms with E-state index in [0.29, 0.717) is 0 Å². The van der Waals surface area contributed by atoms with E-state index in [0.717, 1.165) is 6.07 Å². The summed E-state index contributed by atoms with van der Waals surface area (Å²) < 4.78 is 37.3. The fourth-order valence-corrected chi connectivity index (χ4v) is 3.33. The number of aliphatic carboxylic acids is 2. The molecule has 0 bridgehead atoms. The van der Waals surface area contributed by atoms with Gasteiger partial charge in [-0.1, -0.05) is 12.1 Å². The lowest BCUT2D eigenvalue weighted by Gasteiger charge is -2.31. The van der Waals surface area contributed by atoms with Crippen LogP contribution in [0.4, 0.5) is 0 Å². The molecule has 2 unspecified atom stereocenters. The van der Waals surface area contributed by atoms with Gasteiger partial charge in [-0.2, -0.15) is 8.42 Å². The Kier molecular flexibility index (Phi) is 4.90. The van der Waals surface area contributed by atoms with Crippen LogP contribution in [0.1, 0.15) is 19.3 Å². The van der Waals surface area contributed by atoms with Crippen molar-refractivity contribution < 1.29 is 37.5 Å². The molecule has 2 rings (SSSR count). The molecule has 0 heterocycles. The van der Waals surface area contributed by atoms with Gasteiger partial charge in [-0.3, -0.25) is 14.1 Å². The van der Waals surface area contributed by atoms with E-state index in [-0.39, 0.29) is 25.0 Å². The van der Waals surface area contributed by atoms with Crippen molar-refractivity contribution >= 4 is 22.1 Å². The lowest BCUT2D eigenvalue weighted by atomic mass is 9.79. The quantitative estimate of drug-likeness (QED) is 0.679. The Balaban J connectivity index is 2.25. The van der Waals surface area contributed by atoms with Gasteiger partial charge in [0.2, 0.25) is 0 Å². The molecule has 0 spiro atoms. The van der Waals surface area contributed by atoms with Crippen molar-refractivity contribution in [2.75, 3.05) is 0 Å². The monoisotopic (exact) mass is 344 g/mol. The van der Waals surface area contributed by atoms with E-state index >= 15 is 0 Å². The summed E-state index contributed by atoms with van der Waals surface area (Å²) in [4.78, 5) is 21.9. The molecule has 2 atom stereocenters. The number of hydrogen-bond donors (Lipinski definition) is 3. The predicted molar refractivity (Wildman–Crippen MR) is 76.8 cm³/mol. The molecule has 0 aliphatic heterocycles. The van der Waals surface area contributed by atoms with Crippen molar-refractivity contribution in [1.82, 2.24) is 0 Å². The highest BCUT2D eigenvalue weighted by Crippen LogP contribution is 2.34. The molecular formula is C14H16O8S. The number of carbonyl (C=O) groups is 2. The molecule has 8 nitrogen and oxygen atoms in total. The van der Waals surface area contributed by atoms with Crippen LogP contribution in [-0.4, -0.2) is 41.2 Å². The zero-order valence-electron chi connectivity index (χ0n) is 12.0. The van der Waals surface area contributed by atoms with Crippen LogP contribution in [0.15, 0.2) is 29.2 Å². The topological polar surface area (TPSA) is 138 Å². The Hall–Kier alpha value is -2.13. The van der Waals surface area contributed by atoms with E-state index in [1.807, 2.05) is 0 Å². The lowest BCUT2D eigenvalue weighted by molar-refractivity contribution is -0.150. The molecule has 1 aliphatic rings. The van der Waals surface area contributed by atoms with Crippen LogP contribution in [0.5, 0.6) is 5.75 Å². The molecule has 0 radical (unpaired) electrons. The SMILES string of the molecule is O=C(O)C1CC(Oc2ccccc2S(=O)(=O)O)CC(C(=O)O)C1. The van der Waals surface area contributed by atoms with Crippen molar-refractivity contribution in [3.05, 3.63) is 24.3 Å². The molecule has 9 heteroatoms. The molecule has 1 aliphatic carbocycles. The standard InChI is InChI=1S/C14H16O8S/c15-13(16)8-5-9(14(17)18)7-10(6-8)22-11-3-1-2-4-12(11)23(19,20)21/h1-4,8-10H,5-7H2,(H,15,16)(H,17,18)(H,19,20,21). The summed E-state index contributed by atoms with van der Waals surface area (Å²) in [6, 6.07) is 5.37. The summed E-state index contributed by atoms with van der Waals surface area (Å²) in [5.74, 6) is -4.13. The molecule has 23 heavy (non-hydrogen) atoms. The molecule has 0 amide bonds. The number of carboxylic acid groups (broad SMARTS) is 2. The number of rotatable bonds is 5. The smallest absolute Gasteiger partial charge is 0.306 e. The van der Waals surface area contributed by atoms with Gasteiger partial charge in [-0.05, 0) is 31.4 Å². The van der Waals surface area contributed by atoms with E-state index in [1.54, 1.807) is 0 Å². The van der Waals surface area contributed by atoms with Gasteiger partial charge in [0.15, 0.2) is 0 Å². The number of hydrogen-bond acceptors (Lipinski definition) is 5. The van der Waals surface area contributed by atoms with E-state index in [1.165, 1.54) is 18.2 Å². The van der Waals surface area contributed by atoms with E-state index in [2.05, 4.69) is 0 Å². The van der Waals surface area contributed by atoms with Gasteiger partial charge in [0.1, 0.15) is 16.7 Å². The first-order valence-corrected chi connectivity index (χ1v) is 8.31. The van der Waals surface area contributed by atoms with Gasteiger partial charge in [0, 0.05) is 0 Å². The number of benzene rings is 1. The number of ether oxygens (including phenoxy) is 1. The van der Waals surface area contributed by atoms with Crippen LogP contribution in [0.3, 0.4) is 0 Å². The van der Waals surface area contributed by atoms with Crippen LogP contribution in [-0.2, 0) is 19.7 Å². The second-order valence-electron chi connectivity index (χ2n) is 5.44. The average molecular weight is 344 g/mol. The van der Waals surface area contributed by atoms with Crippen molar-refractivity contribution in [3.63, 3.8) is 0 Å². The fourth-order valence-electron chi connectivity index (χ4n) is 2.71. The minimum Gasteiger partial charge on any atom is -0.489 e. The molecule has 0 aromatic heterocycles. The zero-order valence-corrected chi connectivity index (χ0v) is 12.8. The van der Waals surface area contributed by atoms with Crippen molar-refractivity contribution in [2.24, 2.45) is 11.8 Å². The average Bonchev–Trinajstić information content (AvgIpc) is 2.46. The minimum atomic E-state index is -4.50. The summed E-state index contributed by atoms with van der Waals surface area (Å²) in [6.07, 6.45) is -0.628. The molecule has 1 aromatic rings. The van der Waals surface area contributed by atoms with Gasteiger partial charge in [-0.25, -0.2) is 0 Å². The molecule has 1 aromatic carbocycles. The third-order valence-corrected chi connectivity index (χ3v) is 4.68. The number of para-hydroxylation sites is 1. The van der Waals surface area contributed by atoms with Gasteiger partial charge >= 0.3 is 11.9 Å². The maximum Gasteiger partial charge on any atom is 0.306 e. The second kappa shape index (κ2) is 6.55. The first kappa shape index (κ1) is 17.2. The Morgan fingerprint density at radius 2 is 1.52 bits per heavy atom. The van der Waals surface area contributed by atoms with Gasteiger partial charge in [0.05, 0.1) is 11.8 Å². The maximum atomic E-state index is 11.3. The number of carboxylic acids is 2. The van der Waals surface area contributed by atoms with Gasteiger partial charge < -0.3 is 14.9 Å². The molecule has 3 N–H and O–H groups in total. The van der Waals surface area contributed by atoms with E-state index in [9.17, 15) is 22.6 Å². The van der Waals surface area contributed by atoms with Crippen LogP contribution < -0.4 is 4.74 Å². The third kappa shape index (κ3) is 4.20. The molecule has 126 valence electrons. The Bertz CT molecular complexity index is 689. The lowest BCUT2D eigenvalue weighted by Crippen LogP contribution is -2.37. The molecule has 0 saturated heterocycles. The van der Waals surface area contributed by atoms with Gasteiger partial charge in [0.25, 0.3) is 10.1 Å². The normalized spacial score (nSPS) is 24.8. The zero-order chi connectivity index (χ0) is 17.2.